The minimum atomic E-state index is -0.233. The molecule has 0 aliphatic heterocycles. The number of hydrogen-bond acceptors (Lipinski definition) is 6. The molecule has 0 saturated carbocycles. The van der Waals surface area contributed by atoms with Crippen LogP contribution in [0.15, 0.2) is 35.4 Å². The smallest absolute Gasteiger partial charge is 0.263 e. The third kappa shape index (κ3) is 2.15. The maximum Gasteiger partial charge on any atom is 0.263 e. The summed E-state index contributed by atoms with van der Waals surface area (Å²) in [5.74, 6) is -0.233. The van der Waals surface area contributed by atoms with Crippen molar-refractivity contribution in [2.24, 2.45) is 0 Å². The Morgan fingerprint density at radius 1 is 1.42 bits per heavy atom. The van der Waals surface area contributed by atoms with Crippen LogP contribution in [0.4, 0.5) is 5.69 Å². The van der Waals surface area contributed by atoms with Crippen molar-refractivity contribution >= 4 is 33.3 Å². The van der Waals surface area contributed by atoms with Gasteiger partial charge < -0.3 is 15.5 Å². The first-order valence-corrected chi connectivity index (χ1v) is 6.35. The third-order valence-electron chi connectivity index (χ3n) is 2.60. The Morgan fingerprint density at radius 3 is 3.00 bits per heavy atom. The molecule has 0 unspecified atom stereocenters. The first-order chi connectivity index (χ1) is 9.25. The van der Waals surface area contributed by atoms with E-state index in [1.165, 1.54) is 11.3 Å². The fraction of sp³-hybridized carbons (Fsp3) is 0.0833. The summed E-state index contributed by atoms with van der Waals surface area (Å²) in [4.78, 5) is 21.4. The van der Waals surface area contributed by atoms with Gasteiger partial charge in [-0.2, -0.15) is 0 Å². The Bertz CT molecular complexity index is 720. The Hall–Kier alpha value is -2.41. The molecule has 0 fully saturated rings. The van der Waals surface area contributed by atoms with E-state index in [9.17, 15) is 4.79 Å². The van der Waals surface area contributed by atoms with Gasteiger partial charge in [-0.25, -0.2) is 9.97 Å². The number of thiophene rings is 1. The normalized spacial score (nSPS) is 10.7. The zero-order chi connectivity index (χ0) is 13.2. The van der Waals surface area contributed by atoms with E-state index in [1.54, 1.807) is 31.0 Å². The zero-order valence-corrected chi connectivity index (χ0v) is 10.6. The monoisotopic (exact) mass is 274 g/mol. The summed E-state index contributed by atoms with van der Waals surface area (Å²) in [6, 6.07) is 1.79. The molecule has 3 heterocycles. The van der Waals surface area contributed by atoms with Gasteiger partial charge in [0.25, 0.3) is 5.91 Å². The fourth-order valence-corrected chi connectivity index (χ4v) is 2.61. The van der Waals surface area contributed by atoms with Crippen LogP contribution in [0.1, 0.15) is 15.2 Å². The van der Waals surface area contributed by atoms with Crippen LogP contribution in [-0.4, -0.2) is 15.9 Å². The van der Waals surface area contributed by atoms with E-state index in [0.717, 1.165) is 5.56 Å². The molecule has 0 aliphatic rings. The molecule has 0 spiro atoms. The number of rotatable bonds is 3. The van der Waals surface area contributed by atoms with Crippen molar-refractivity contribution in [1.82, 2.24) is 15.3 Å². The first-order valence-electron chi connectivity index (χ1n) is 5.54. The van der Waals surface area contributed by atoms with Crippen molar-refractivity contribution in [3.63, 3.8) is 0 Å². The molecule has 0 aromatic carbocycles. The summed E-state index contributed by atoms with van der Waals surface area (Å²) in [6.45, 7) is 0.393. The molecule has 0 bridgehead atoms. The molecule has 0 atom stereocenters. The van der Waals surface area contributed by atoms with Gasteiger partial charge in [0.15, 0.2) is 0 Å². The van der Waals surface area contributed by atoms with Crippen molar-refractivity contribution in [3.8, 4) is 0 Å². The Balaban J connectivity index is 1.83. The molecular formula is C12H10N4O2S. The predicted octanol–water partition coefficient (Wildman–Crippen LogP) is 1.80. The minimum Gasteiger partial charge on any atom is -0.472 e. The summed E-state index contributed by atoms with van der Waals surface area (Å²) in [5.41, 5.74) is 7.75. The van der Waals surface area contributed by atoms with E-state index < -0.39 is 0 Å². The van der Waals surface area contributed by atoms with Gasteiger partial charge in [0.1, 0.15) is 15.2 Å². The van der Waals surface area contributed by atoms with Gasteiger partial charge in [0, 0.05) is 24.5 Å². The van der Waals surface area contributed by atoms with Crippen LogP contribution >= 0.6 is 11.3 Å². The van der Waals surface area contributed by atoms with E-state index in [4.69, 9.17) is 10.2 Å². The molecule has 96 valence electrons. The second kappa shape index (κ2) is 4.69. The number of carbonyl (C=O) groups excluding carboxylic acids is 1. The average molecular weight is 274 g/mol. The Kier molecular flexibility index (Phi) is 2.88. The summed E-state index contributed by atoms with van der Waals surface area (Å²) in [5, 5.41) is 2.78. The molecule has 3 aromatic heterocycles. The number of amides is 1. The lowest BCUT2D eigenvalue weighted by Crippen LogP contribution is -2.22. The van der Waals surface area contributed by atoms with Crippen LogP contribution in [0.2, 0.25) is 0 Å². The molecule has 6 nitrogen and oxygen atoms in total. The van der Waals surface area contributed by atoms with Crippen molar-refractivity contribution < 1.29 is 9.21 Å². The van der Waals surface area contributed by atoms with Crippen LogP contribution < -0.4 is 11.1 Å². The number of hydrogen-bond donors (Lipinski definition) is 2. The lowest BCUT2D eigenvalue weighted by molar-refractivity contribution is 0.0956. The summed E-state index contributed by atoms with van der Waals surface area (Å²) >= 11 is 1.24. The molecule has 0 aliphatic carbocycles. The highest BCUT2D eigenvalue weighted by molar-refractivity contribution is 7.21. The van der Waals surface area contributed by atoms with Crippen LogP contribution in [0.3, 0.4) is 0 Å². The van der Waals surface area contributed by atoms with E-state index in [1.807, 2.05) is 0 Å². The van der Waals surface area contributed by atoms with Crippen molar-refractivity contribution in [2.45, 2.75) is 6.54 Å². The number of nitrogens with two attached hydrogens (primary N) is 1. The SMILES string of the molecule is Nc1c(C(=O)NCc2ccoc2)sc2nccnc12. The summed E-state index contributed by atoms with van der Waals surface area (Å²) in [7, 11) is 0. The highest BCUT2D eigenvalue weighted by atomic mass is 32.1. The largest absolute Gasteiger partial charge is 0.472 e. The number of nitrogens with zero attached hydrogens (tertiary/aromatic N) is 2. The summed E-state index contributed by atoms with van der Waals surface area (Å²) < 4.78 is 4.93. The summed E-state index contributed by atoms with van der Waals surface area (Å²) in [6.07, 6.45) is 6.27. The standard InChI is InChI=1S/C12H10N4O2S/c13-8-9-12(15-3-2-14-9)19-10(8)11(17)16-5-7-1-4-18-6-7/h1-4,6H,5,13H2,(H,16,17). The number of fused-ring (bicyclic) bond motifs is 1. The van der Waals surface area contributed by atoms with Crippen LogP contribution in [0.25, 0.3) is 10.3 Å². The molecule has 19 heavy (non-hydrogen) atoms. The minimum absolute atomic E-state index is 0.233. The second-order valence-electron chi connectivity index (χ2n) is 3.87. The number of anilines is 1. The van der Waals surface area contributed by atoms with E-state index in [0.29, 0.717) is 27.5 Å². The number of nitrogens with one attached hydrogen (secondary N) is 1. The molecule has 3 aromatic rings. The van der Waals surface area contributed by atoms with Gasteiger partial charge >= 0.3 is 0 Å². The Labute approximate surface area is 112 Å². The predicted molar refractivity (Wildman–Crippen MR) is 71.7 cm³/mol. The van der Waals surface area contributed by atoms with E-state index >= 15 is 0 Å². The van der Waals surface area contributed by atoms with Crippen molar-refractivity contribution in [3.05, 3.63) is 41.4 Å². The molecule has 3 rings (SSSR count). The quantitative estimate of drug-likeness (QED) is 0.759. The van der Waals surface area contributed by atoms with Gasteiger partial charge in [-0.3, -0.25) is 4.79 Å². The van der Waals surface area contributed by atoms with Gasteiger partial charge in [-0.15, -0.1) is 11.3 Å². The van der Waals surface area contributed by atoms with E-state index in [-0.39, 0.29) is 5.91 Å². The van der Waals surface area contributed by atoms with Crippen molar-refractivity contribution in [2.75, 3.05) is 5.73 Å². The molecule has 7 heteroatoms. The molecular weight excluding hydrogens is 264 g/mol. The van der Waals surface area contributed by atoms with Crippen molar-refractivity contribution in [1.29, 1.82) is 0 Å². The van der Waals surface area contributed by atoms with Crippen LogP contribution in [0, 0.1) is 0 Å². The average Bonchev–Trinajstić information content (AvgIpc) is 3.05. The van der Waals surface area contributed by atoms with E-state index in [2.05, 4.69) is 15.3 Å². The van der Waals surface area contributed by atoms with Gasteiger partial charge in [-0.05, 0) is 6.07 Å². The van der Waals surface area contributed by atoms with Crippen LogP contribution in [0.5, 0.6) is 0 Å². The first kappa shape index (κ1) is 11.7. The second-order valence-corrected chi connectivity index (χ2v) is 4.87. The molecule has 1 amide bonds. The van der Waals surface area contributed by atoms with Gasteiger partial charge in [0.05, 0.1) is 18.2 Å². The van der Waals surface area contributed by atoms with Gasteiger partial charge in [-0.1, -0.05) is 0 Å². The zero-order valence-electron chi connectivity index (χ0n) is 9.79. The number of nitrogen functional groups attached to an aromatic ring is 1. The number of aromatic nitrogens is 2. The lowest BCUT2D eigenvalue weighted by atomic mass is 10.3. The highest BCUT2D eigenvalue weighted by Crippen LogP contribution is 2.30. The molecule has 0 saturated heterocycles. The molecule has 0 radical (unpaired) electrons. The highest BCUT2D eigenvalue weighted by Gasteiger charge is 2.17. The number of furan rings is 1. The maximum atomic E-state index is 12.1. The van der Waals surface area contributed by atoms with Crippen LogP contribution in [-0.2, 0) is 6.54 Å². The fourth-order valence-electron chi connectivity index (χ4n) is 1.67. The Morgan fingerprint density at radius 2 is 2.26 bits per heavy atom. The topological polar surface area (TPSA) is 94.0 Å². The number of carbonyl (C=O) groups is 1. The van der Waals surface area contributed by atoms with Gasteiger partial charge in [0.2, 0.25) is 0 Å². The third-order valence-corrected chi connectivity index (χ3v) is 3.70. The molecule has 3 N–H and O–H groups in total. The lowest BCUT2D eigenvalue weighted by Gasteiger charge is -2.01. The maximum absolute atomic E-state index is 12.1.